The van der Waals surface area contributed by atoms with E-state index < -0.39 is 5.41 Å². The Morgan fingerprint density at radius 3 is 2.67 bits per heavy atom. The van der Waals surface area contributed by atoms with Gasteiger partial charge in [0.2, 0.25) is 0 Å². The summed E-state index contributed by atoms with van der Waals surface area (Å²) >= 11 is 3.41. The molecule has 2 aromatic heterocycles. The predicted octanol–water partition coefficient (Wildman–Crippen LogP) is 4.49. The van der Waals surface area contributed by atoms with Gasteiger partial charge in [-0.15, -0.1) is 0 Å². The molecule has 3 aromatic rings. The molecule has 0 amide bonds. The van der Waals surface area contributed by atoms with E-state index in [1.807, 2.05) is 50.2 Å². The topological polar surface area (TPSA) is 45.8 Å². The highest BCUT2D eigenvalue weighted by Gasteiger charge is 2.32. The molecule has 0 aliphatic rings. The van der Waals surface area contributed by atoms with Gasteiger partial charge in [-0.3, -0.25) is 4.79 Å². The van der Waals surface area contributed by atoms with E-state index in [4.69, 9.17) is 0 Å². The molecular formula is C17H15BrN2O. The quantitative estimate of drug-likeness (QED) is 0.713. The van der Waals surface area contributed by atoms with Crippen LogP contribution in [0.15, 0.2) is 53.3 Å². The number of benzene rings is 1. The Kier molecular flexibility index (Phi) is 3.41. The molecule has 0 unspecified atom stereocenters. The summed E-state index contributed by atoms with van der Waals surface area (Å²) in [5.74, 6) is 0.0832. The Labute approximate surface area is 131 Å². The summed E-state index contributed by atoms with van der Waals surface area (Å²) in [4.78, 5) is 20.3. The molecule has 3 nitrogen and oxygen atoms in total. The molecule has 0 bridgehead atoms. The van der Waals surface area contributed by atoms with Crippen LogP contribution in [-0.4, -0.2) is 15.8 Å². The number of nitrogens with one attached hydrogen (secondary N) is 1. The van der Waals surface area contributed by atoms with Gasteiger partial charge in [-0.25, -0.2) is 4.98 Å². The summed E-state index contributed by atoms with van der Waals surface area (Å²) in [6, 6.07) is 11.8. The van der Waals surface area contributed by atoms with Crippen LogP contribution >= 0.6 is 15.9 Å². The SMILES string of the molecule is CC(C)(C(=O)c1c[nH]c2ncc(Br)cc12)c1ccccc1. The number of hydrogen-bond donors (Lipinski definition) is 1. The van der Waals surface area contributed by atoms with Crippen molar-refractivity contribution in [3.05, 3.63) is 64.4 Å². The summed E-state index contributed by atoms with van der Waals surface area (Å²) in [6.07, 6.45) is 3.46. The molecule has 2 heterocycles. The molecule has 0 spiro atoms. The number of pyridine rings is 1. The number of halogens is 1. The van der Waals surface area contributed by atoms with Crippen LogP contribution < -0.4 is 0 Å². The van der Waals surface area contributed by atoms with E-state index in [1.165, 1.54) is 0 Å². The second-order valence-electron chi connectivity index (χ2n) is 5.57. The zero-order valence-corrected chi connectivity index (χ0v) is 13.4. The number of aromatic nitrogens is 2. The number of ketones is 1. The highest BCUT2D eigenvalue weighted by atomic mass is 79.9. The van der Waals surface area contributed by atoms with E-state index in [1.54, 1.807) is 12.4 Å². The summed E-state index contributed by atoms with van der Waals surface area (Å²) in [7, 11) is 0. The Balaban J connectivity index is 2.10. The van der Waals surface area contributed by atoms with E-state index in [9.17, 15) is 4.79 Å². The number of Topliss-reactive ketones (excluding diaryl/α,β-unsaturated/α-hetero) is 1. The Morgan fingerprint density at radius 1 is 1.24 bits per heavy atom. The van der Waals surface area contributed by atoms with E-state index in [0.717, 1.165) is 21.1 Å². The maximum atomic E-state index is 13.0. The second-order valence-corrected chi connectivity index (χ2v) is 6.49. The predicted molar refractivity (Wildman–Crippen MR) is 87.6 cm³/mol. The smallest absolute Gasteiger partial charge is 0.175 e. The van der Waals surface area contributed by atoms with Gasteiger partial charge in [0.05, 0.1) is 5.41 Å². The monoisotopic (exact) mass is 342 g/mol. The summed E-state index contributed by atoms with van der Waals surface area (Å²) in [6.45, 7) is 3.91. The zero-order valence-electron chi connectivity index (χ0n) is 11.9. The van der Waals surface area contributed by atoms with Crippen molar-refractivity contribution in [2.24, 2.45) is 0 Å². The molecule has 0 aliphatic carbocycles. The van der Waals surface area contributed by atoms with Gasteiger partial charge in [0.1, 0.15) is 5.65 Å². The minimum Gasteiger partial charge on any atom is -0.345 e. The number of rotatable bonds is 3. The maximum absolute atomic E-state index is 13.0. The largest absolute Gasteiger partial charge is 0.345 e. The Morgan fingerprint density at radius 2 is 1.95 bits per heavy atom. The van der Waals surface area contributed by atoms with Crippen molar-refractivity contribution in [3.63, 3.8) is 0 Å². The van der Waals surface area contributed by atoms with E-state index in [2.05, 4.69) is 25.9 Å². The van der Waals surface area contributed by atoms with Crippen molar-refractivity contribution in [1.29, 1.82) is 0 Å². The standard InChI is InChI=1S/C17H15BrN2O/c1-17(2,11-6-4-3-5-7-11)15(21)14-10-20-16-13(14)8-12(18)9-19-16/h3-10H,1-2H3,(H,19,20). The lowest BCUT2D eigenvalue weighted by Crippen LogP contribution is -2.28. The third-order valence-corrected chi connectivity index (χ3v) is 4.24. The lowest BCUT2D eigenvalue weighted by molar-refractivity contribution is 0.0910. The molecule has 1 N–H and O–H groups in total. The number of hydrogen-bond acceptors (Lipinski definition) is 2. The van der Waals surface area contributed by atoms with Gasteiger partial charge in [0.25, 0.3) is 0 Å². The lowest BCUT2D eigenvalue weighted by Gasteiger charge is -2.23. The van der Waals surface area contributed by atoms with Gasteiger partial charge in [0, 0.05) is 27.8 Å². The fraction of sp³-hybridized carbons (Fsp3) is 0.176. The molecule has 0 atom stereocenters. The van der Waals surface area contributed by atoms with Crippen molar-refractivity contribution < 1.29 is 4.79 Å². The molecule has 0 radical (unpaired) electrons. The first-order valence-corrected chi connectivity index (χ1v) is 7.52. The average molecular weight is 343 g/mol. The van der Waals surface area contributed by atoms with Gasteiger partial charge >= 0.3 is 0 Å². The lowest BCUT2D eigenvalue weighted by atomic mass is 9.78. The van der Waals surface area contributed by atoms with E-state index in [0.29, 0.717) is 5.56 Å². The van der Waals surface area contributed by atoms with Gasteiger partial charge < -0.3 is 4.98 Å². The highest BCUT2D eigenvalue weighted by molar-refractivity contribution is 9.10. The number of aromatic amines is 1. The summed E-state index contributed by atoms with van der Waals surface area (Å²) in [5, 5.41) is 0.846. The van der Waals surface area contributed by atoms with Gasteiger partial charge in [0.15, 0.2) is 5.78 Å². The molecule has 4 heteroatoms. The molecule has 3 rings (SSSR count). The normalized spacial score (nSPS) is 11.8. The molecule has 0 fully saturated rings. The number of carbonyl (C=O) groups excluding carboxylic acids is 1. The minimum atomic E-state index is -0.585. The molecule has 1 aromatic carbocycles. The maximum Gasteiger partial charge on any atom is 0.175 e. The second kappa shape index (κ2) is 5.11. The van der Waals surface area contributed by atoms with Crippen LogP contribution in [0.3, 0.4) is 0 Å². The number of nitrogens with zero attached hydrogens (tertiary/aromatic N) is 1. The minimum absolute atomic E-state index is 0.0832. The average Bonchev–Trinajstić information content (AvgIpc) is 2.90. The third-order valence-electron chi connectivity index (χ3n) is 3.81. The van der Waals surface area contributed by atoms with Crippen molar-refractivity contribution in [3.8, 4) is 0 Å². The fourth-order valence-corrected chi connectivity index (χ4v) is 2.82. The summed E-state index contributed by atoms with van der Waals surface area (Å²) in [5.41, 5.74) is 1.82. The van der Waals surface area contributed by atoms with Gasteiger partial charge in [-0.2, -0.15) is 0 Å². The van der Waals surface area contributed by atoms with E-state index >= 15 is 0 Å². The van der Waals surface area contributed by atoms with Crippen LogP contribution in [0.5, 0.6) is 0 Å². The molecule has 0 saturated heterocycles. The van der Waals surface area contributed by atoms with Crippen molar-refractivity contribution in [1.82, 2.24) is 9.97 Å². The third kappa shape index (κ3) is 2.40. The summed E-state index contributed by atoms with van der Waals surface area (Å²) < 4.78 is 0.862. The molecule has 0 saturated carbocycles. The first-order chi connectivity index (χ1) is 10.00. The van der Waals surface area contributed by atoms with Crippen LogP contribution in [0.2, 0.25) is 0 Å². The molecular weight excluding hydrogens is 328 g/mol. The number of fused-ring (bicyclic) bond motifs is 1. The van der Waals surface area contributed by atoms with Crippen molar-refractivity contribution >= 4 is 32.7 Å². The van der Waals surface area contributed by atoms with Crippen LogP contribution in [0.1, 0.15) is 29.8 Å². The molecule has 106 valence electrons. The Bertz CT molecular complexity index is 806. The number of H-pyrrole nitrogens is 1. The van der Waals surface area contributed by atoms with Crippen molar-refractivity contribution in [2.75, 3.05) is 0 Å². The molecule has 21 heavy (non-hydrogen) atoms. The van der Waals surface area contributed by atoms with E-state index in [-0.39, 0.29) is 5.78 Å². The first kappa shape index (κ1) is 14.0. The highest BCUT2D eigenvalue weighted by Crippen LogP contribution is 2.31. The van der Waals surface area contributed by atoms with Crippen LogP contribution in [0, 0.1) is 0 Å². The first-order valence-electron chi connectivity index (χ1n) is 6.73. The van der Waals surface area contributed by atoms with Gasteiger partial charge in [-0.05, 0) is 41.4 Å². The van der Waals surface area contributed by atoms with Gasteiger partial charge in [-0.1, -0.05) is 30.3 Å². The Hall–Kier alpha value is -1.94. The van der Waals surface area contributed by atoms with Crippen molar-refractivity contribution in [2.45, 2.75) is 19.3 Å². The van der Waals surface area contributed by atoms with Crippen LogP contribution in [0.4, 0.5) is 0 Å². The van der Waals surface area contributed by atoms with Crippen LogP contribution in [-0.2, 0) is 5.41 Å². The van der Waals surface area contributed by atoms with Crippen LogP contribution in [0.25, 0.3) is 11.0 Å². The zero-order chi connectivity index (χ0) is 15.0. The number of carbonyl (C=O) groups is 1. The molecule has 0 aliphatic heterocycles. The fourth-order valence-electron chi connectivity index (χ4n) is 2.49.